The van der Waals surface area contributed by atoms with Gasteiger partial charge in [-0.2, -0.15) is 0 Å². The van der Waals surface area contributed by atoms with Gasteiger partial charge in [-0.1, -0.05) is 32.3 Å². The van der Waals surface area contributed by atoms with Crippen molar-refractivity contribution in [3.05, 3.63) is 27.7 Å². The monoisotopic (exact) mass is 324 g/mol. The molecule has 6 heteroatoms. The van der Waals surface area contributed by atoms with E-state index in [0.29, 0.717) is 9.88 Å². The Hall–Kier alpha value is -1.69. The second kappa shape index (κ2) is 9.35. The van der Waals surface area contributed by atoms with Crippen LogP contribution in [-0.4, -0.2) is 24.0 Å². The number of esters is 1. The average molecular weight is 324 g/mol. The van der Waals surface area contributed by atoms with Crippen LogP contribution in [0, 0.1) is 0 Å². The summed E-state index contributed by atoms with van der Waals surface area (Å²) in [5, 5.41) is 3.58. The molecule has 0 saturated carbocycles. The van der Waals surface area contributed by atoms with E-state index in [1.165, 1.54) is 30.2 Å². The topological polar surface area (TPSA) is 68.3 Å². The predicted molar refractivity (Wildman–Crippen MR) is 87.9 cm³/mol. The fourth-order valence-electron chi connectivity index (χ4n) is 2.10. The third kappa shape index (κ3) is 5.60. The molecule has 0 bridgehead atoms. The van der Waals surface area contributed by atoms with Crippen molar-refractivity contribution in [2.24, 2.45) is 0 Å². The molecule has 0 saturated heterocycles. The van der Waals surface area contributed by atoms with E-state index < -0.39 is 5.97 Å². The molecule has 5 nitrogen and oxygen atoms in total. The predicted octanol–water partition coefficient (Wildman–Crippen LogP) is 3.63. The zero-order valence-electron chi connectivity index (χ0n) is 13.6. The van der Waals surface area contributed by atoms with Crippen LogP contribution >= 0.6 is 11.3 Å². The molecule has 0 fully saturated rings. The van der Waals surface area contributed by atoms with Crippen molar-refractivity contribution in [2.45, 2.75) is 52.5 Å². The molecule has 1 heterocycles. The minimum Gasteiger partial charge on any atom is -0.465 e. The van der Waals surface area contributed by atoms with Crippen molar-refractivity contribution in [3.8, 4) is 0 Å². The highest BCUT2D eigenvalue weighted by Crippen LogP contribution is 2.20. The van der Waals surface area contributed by atoms with Crippen LogP contribution in [0.3, 0.4) is 0 Å². The number of hydrogen-bond donors (Lipinski definition) is 1. The molecule has 0 aliphatic heterocycles. The average Bonchev–Trinajstić information content (AvgIpc) is 2.96. The first-order valence-electron chi connectivity index (χ1n) is 7.55. The lowest BCUT2D eigenvalue weighted by Gasteiger charge is -2.10. The van der Waals surface area contributed by atoms with Gasteiger partial charge in [-0.3, -0.25) is 4.79 Å². The second-order valence-corrected chi connectivity index (χ2v) is 6.15. The van der Waals surface area contributed by atoms with Gasteiger partial charge in [-0.05, 0) is 19.8 Å². The maximum atomic E-state index is 12.1. The Kier molecular flexibility index (Phi) is 7.80. The first kappa shape index (κ1) is 18.4. The summed E-state index contributed by atoms with van der Waals surface area (Å²) in [5.74, 6) is -0.519. The summed E-state index contributed by atoms with van der Waals surface area (Å²) >= 11 is 1.23. The molecule has 0 aliphatic rings. The minimum absolute atomic E-state index is 0.112. The lowest BCUT2D eigenvalue weighted by Crippen LogP contribution is -2.25. The van der Waals surface area contributed by atoms with Crippen LogP contribution in [0.2, 0.25) is 0 Å². The summed E-state index contributed by atoms with van der Waals surface area (Å²) in [6.45, 7) is 6.06. The molecule has 0 aromatic carbocycles. The van der Waals surface area contributed by atoms with Gasteiger partial charge >= 0.3 is 5.97 Å². The van der Waals surface area contributed by atoms with E-state index in [0.717, 1.165) is 25.7 Å². The highest BCUT2D eigenvalue weighted by Gasteiger charge is 2.16. The SMILES string of the molecule is CCCC(=CC(=O)N[C@H](C)c1ncc(C(=O)OC)s1)CCC. The zero-order valence-corrected chi connectivity index (χ0v) is 14.5. The molecule has 1 N–H and O–H groups in total. The van der Waals surface area contributed by atoms with E-state index in [-0.39, 0.29) is 11.9 Å². The largest absolute Gasteiger partial charge is 0.465 e. The Morgan fingerprint density at radius 2 is 2.00 bits per heavy atom. The van der Waals surface area contributed by atoms with E-state index in [4.69, 9.17) is 0 Å². The number of hydrogen-bond acceptors (Lipinski definition) is 5. The van der Waals surface area contributed by atoms with Crippen LogP contribution in [0.5, 0.6) is 0 Å². The first-order chi connectivity index (χ1) is 10.5. The van der Waals surface area contributed by atoms with Gasteiger partial charge in [0, 0.05) is 6.08 Å². The lowest BCUT2D eigenvalue weighted by molar-refractivity contribution is -0.117. The number of thiazole rings is 1. The van der Waals surface area contributed by atoms with Crippen LogP contribution in [0.25, 0.3) is 0 Å². The van der Waals surface area contributed by atoms with Crippen molar-refractivity contribution in [3.63, 3.8) is 0 Å². The number of rotatable bonds is 8. The molecule has 0 spiro atoms. The maximum absolute atomic E-state index is 12.1. The van der Waals surface area contributed by atoms with Crippen LogP contribution in [-0.2, 0) is 9.53 Å². The van der Waals surface area contributed by atoms with Crippen LogP contribution < -0.4 is 5.32 Å². The molecule has 0 radical (unpaired) electrons. The molecule has 1 rings (SSSR count). The van der Waals surface area contributed by atoms with Crippen molar-refractivity contribution in [1.82, 2.24) is 10.3 Å². The number of methoxy groups -OCH3 is 1. The number of carbonyl (C=O) groups excluding carboxylic acids is 2. The number of allylic oxidation sites excluding steroid dienone is 1. The molecular formula is C16H24N2O3S. The molecule has 22 heavy (non-hydrogen) atoms. The van der Waals surface area contributed by atoms with Gasteiger partial charge in [-0.25, -0.2) is 9.78 Å². The number of nitrogens with zero attached hydrogens (tertiary/aromatic N) is 1. The Bertz CT molecular complexity index is 529. The third-order valence-corrected chi connectivity index (χ3v) is 4.28. The Morgan fingerprint density at radius 1 is 1.36 bits per heavy atom. The smallest absolute Gasteiger partial charge is 0.349 e. The molecule has 1 aromatic heterocycles. The van der Waals surface area contributed by atoms with Crippen molar-refractivity contribution in [2.75, 3.05) is 7.11 Å². The van der Waals surface area contributed by atoms with Gasteiger partial charge in [0.15, 0.2) is 0 Å². The number of nitrogens with one attached hydrogen (secondary N) is 1. The summed E-state index contributed by atoms with van der Waals surface area (Å²) in [4.78, 5) is 28.1. The lowest BCUT2D eigenvalue weighted by atomic mass is 10.1. The summed E-state index contributed by atoms with van der Waals surface area (Å²) < 4.78 is 4.65. The van der Waals surface area contributed by atoms with Gasteiger partial charge < -0.3 is 10.1 Å². The molecule has 122 valence electrons. The van der Waals surface area contributed by atoms with Gasteiger partial charge in [0.1, 0.15) is 9.88 Å². The number of carbonyl (C=O) groups is 2. The standard InChI is InChI=1S/C16H24N2O3S/c1-5-7-12(8-6-2)9-14(19)18-11(3)15-17-10-13(22-15)16(20)21-4/h9-11H,5-8H2,1-4H3,(H,18,19)/t11-/m1/s1. The van der Waals surface area contributed by atoms with E-state index in [2.05, 4.69) is 28.9 Å². The minimum atomic E-state index is -0.407. The summed E-state index contributed by atoms with van der Waals surface area (Å²) in [5.41, 5.74) is 1.17. The zero-order chi connectivity index (χ0) is 16.5. The van der Waals surface area contributed by atoms with Gasteiger partial charge in [0.05, 0.1) is 19.3 Å². The van der Waals surface area contributed by atoms with Gasteiger partial charge in [0.2, 0.25) is 5.91 Å². The Morgan fingerprint density at radius 3 is 2.55 bits per heavy atom. The number of amides is 1. The van der Waals surface area contributed by atoms with E-state index in [9.17, 15) is 9.59 Å². The fraction of sp³-hybridized carbons (Fsp3) is 0.562. The van der Waals surface area contributed by atoms with Crippen LogP contribution in [0.1, 0.15) is 67.2 Å². The van der Waals surface area contributed by atoms with Gasteiger partial charge in [-0.15, -0.1) is 11.3 Å². The Balaban J connectivity index is 2.68. The van der Waals surface area contributed by atoms with Crippen molar-refractivity contribution < 1.29 is 14.3 Å². The summed E-state index contributed by atoms with van der Waals surface area (Å²) in [7, 11) is 1.33. The Labute approximate surface area is 135 Å². The summed E-state index contributed by atoms with van der Waals surface area (Å²) in [6.07, 6.45) is 7.12. The number of ether oxygens (including phenoxy) is 1. The van der Waals surface area contributed by atoms with Crippen molar-refractivity contribution >= 4 is 23.2 Å². The fourth-order valence-corrected chi connectivity index (χ4v) is 2.94. The highest BCUT2D eigenvalue weighted by atomic mass is 32.1. The molecule has 1 amide bonds. The maximum Gasteiger partial charge on any atom is 0.349 e. The molecule has 1 aromatic rings. The van der Waals surface area contributed by atoms with E-state index in [1.54, 1.807) is 6.08 Å². The first-order valence-corrected chi connectivity index (χ1v) is 8.37. The molecule has 0 aliphatic carbocycles. The van der Waals surface area contributed by atoms with E-state index >= 15 is 0 Å². The molecule has 0 unspecified atom stereocenters. The second-order valence-electron chi connectivity index (χ2n) is 5.09. The third-order valence-electron chi connectivity index (χ3n) is 3.12. The quantitative estimate of drug-likeness (QED) is 0.585. The van der Waals surface area contributed by atoms with Crippen LogP contribution in [0.4, 0.5) is 0 Å². The normalized spacial score (nSPS) is 11.6. The van der Waals surface area contributed by atoms with Crippen LogP contribution in [0.15, 0.2) is 17.8 Å². The summed E-state index contributed by atoms with van der Waals surface area (Å²) in [6, 6.07) is -0.239. The molecule has 1 atom stereocenters. The highest BCUT2D eigenvalue weighted by molar-refractivity contribution is 7.13. The molecular weight excluding hydrogens is 300 g/mol. The van der Waals surface area contributed by atoms with Gasteiger partial charge in [0.25, 0.3) is 0 Å². The van der Waals surface area contributed by atoms with E-state index in [1.807, 2.05) is 6.92 Å². The van der Waals surface area contributed by atoms with Crippen molar-refractivity contribution in [1.29, 1.82) is 0 Å². The number of aromatic nitrogens is 1.